The third-order valence-electron chi connectivity index (χ3n) is 2.36. The van der Waals surface area contributed by atoms with Gasteiger partial charge in [-0.2, -0.15) is 0 Å². The van der Waals surface area contributed by atoms with Crippen molar-refractivity contribution < 1.29 is 9.13 Å². The smallest absolute Gasteiger partial charge is 0.166 e. The first kappa shape index (κ1) is 13.8. The predicted octanol–water partition coefficient (Wildman–Crippen LogP) is 4.62. The molecule has 0 bridgehead atoms. The Balaban J connectivity index is 2.37. The van der Waals surface area contributed by atoms with Gasteiger partial charge in [-0.15, -0.1) is 11.6 Å². The van der Waals surface area contributed by atoms with Crippen molar-refractivity contribution in [2.75, 3.05) is 12.5 Å². The van der Waals surface area contributed by atoms with Crippen LogP contribution in [0, 0.1) is 11.7 Å². The molecule has 1 unspecified atom stereocenters. The number of hydrogen-bond donors (Lipinski definition) is 0. The Morgan fingerprint density at radius 2 is 2.19 bits per heavy atom. The minimum atomic E-state index is -0.334. The zero-order valence-corrected chi connectivity index (χ0v) is 11.5. The molecule has 0 saturated carbocycles. The van der Waals surface area contributed by atoms with E-state index in [0.717, 1.165) is 12.8 Å². The lowest BCUT2D eigenvalue weighted by Gasteiger charge is -2.11. The Morgan fingerprint density at radius 1 is 1.44 bits per heavy atom. The fourth-order valence-corrected chi connectivity index (χ4v) is 2.00. The molecule has 1 rings (SSSR count). The van der Waals surface area contributed by atoms with Crippen LogP contribution in [0.1, 0.15) is 19.8 Å². The van der Waals surface area contributed by atoms with Crippen LogP contribution in [-0.4, -0.2) is 12.5 Å². The lowest BCUT2D eigenvalue weighted by Crippen LogP contribution is -2.05. The molecule has 0 radical (unpaired) electrons. The summed E-state index contributed by atoms with van der Waals surface area (Å²) in [5.41, 5.74) is 0. The highest BCUT2D eigenvalue weighted by Crippen LogP contribution is 2.22. The summed E-state index contributed by atoms with van der Waals surface area (Å²) in [5, 5.41) is 0. The van der Waals surface area contributed by atoms with E-state index >= 15 is 0 Å². The number of alkyl halides is 1. The maximum absolute atomic E-state index is 13.3. The largest absolute Gasteiger partial charge is 0.491 e. The van der Waals surface area contributed by atoms with Gasteiger partial charge in [0.2, 0.25) is 0 Å². The van der Waals surface area contributed by atoms with Gasteiger partial charge in [-0.05, 0) is 37.0 Å². The van der Waals surface area contributed by atoms with E-state index in [1.807, 2.05) is 0 Å². The molecule has 90 valence electrons. The number of rotatable bonds is 6. The highest BCUT2D eigenvalue weighted by molar-refractivity contribution is 9.10. The molecule has 0 fully saturated rings. The summed E-state index contributed by atoms with van der Waals surface area (Å²) in [4.78, 5) is 0. The summed E-state index contributed by atoms with van der Waals surface area (Å²) in [7, 11) is 0. The maximum atomic E-state index is 13.3. The van der Waals surface area contributed by atoms with Crippen LogP contribution >= 0.6 is 27.5 Å². The summed E-state index contributed by atoms with van der Waals surface area (Å²) in [6.45, 7) is 2.64. The monoisotopic (exact) mass is 308 g/mol. The SMILES string of the molecule is CC(CCCl)CCOc1ccc(Br)cc1F. The number of benzene rings is 1. The Labute approximate surface area is 109 Å². The zero-order chi connectivity index (χ0) is 12.0. The average Bonchev–Trinajstić information content (AvgIpc) is 2.22. The topological polar surface area (TPSA) is 9.23 Å². The molecular formula is C12H15BrClFO. The molecule has 16 heavy (non-hydrogen) atoms. The van der Waals surface area contributed by atoms with Crippen molar-refractivity contribution in [1.82, 2.24) is 0 Å². The van der Waals surface area contributed by atoms with Gasteiger partial charge in [-0.25, -0.2) is 4.39 Å². The number of halogens is 3. The van der Waals surface area contributed by atoms with Gasteiger partial charge < -0.3 is 4.74 Å². The van der Waals surface area contributed by atoms with Gasteiger partial charge in [0.15, 0.2) is 11.6 Å². The van der Waals surface area contributed by atoms with E-state index < -0.39 is 0 Å². The molecule has 0 spiro atoms. The fraction of sp³-hybridized carbons (Fsp3) is 0.500. The van der Waals surface area contributed by atoms with Crippen molar-refractivity contribution in [3.05, 3.63) is 28.5 Å². The second kappa shape index (κ2) is 7.13. The quantitative estimate of drug-likeness (QED) is 0.697. The summed E-state index contributed by atoms with van der Waals surface area (Å²) in [5.74, 6) is 1.14. The third-order valence-corrected chi connectivity index (χ3v) is 3.08. The normalized spacial score (nSPS) is 12.5. The number of hydrogen-bond acceptors (Lipinski definition) is 1. The average molecular weight is 310 g/mol. The second-order valence-corrected chi connectivity index (χ2v) is 5.09. The van der Waals surface area contributed by atoms with E-state index in [9.17, 15) is 4.39 Å². The molecule has 0 N–H and O–H groups in total. The second-order valence-electron chi connectivity index (χ2n) is 3.79. The van der Waals surface area contributed by atoms with Gasteiger partial charge in [0.25, 0.3) is 0 Å². The van der Waals surface area contributed by atoms with E-state index in [4.69, 9.17) is 16.3 Å². The highest BCUT2D eigenvalue weighted by atomic mass is 79.9. The van der Waals surface area contributed by atoms with Crippen LogP contribution in [0.25, 0.3) is 0 Å². The van der Waals surface area contributed by atoms with Gasteiger partial charge >= 0.3 is 0 Å². The van der Waals surface area contributed by atoms with E-state index in [1.165, 1.54) is 6.07 Å². The first-order valence-electron chi connectivity index (χ1n) is 5.27. The Bertz CT molecular complexity index is 333. The van der Waals surface area contributed by atoms with Crippen LogP contribution in [0.3, 0.4) is 0 Å². The van der Waals surface area contributed by atoms with Crippen molar-refractivity contribution in [1.29, 1.82) is 0 Å². The number of ether oxygens (including phenoxy) is 1. The van der Waals surface area contributed by atoms with Crippen LogP contribution < -0.4 is 4.74 Å². The Hall–Kier alpha value is -0.280. The summed E-state index contributed by atoms with van der Waals surface area (Å²) in [6.07, 6.45) is 1.86. The van der Waals surface area contributed by atoms with Crippen LogP contribution in [-0.2, 0) is 0 Å². The molecule has 1 aromatic rings. The fourth-order valence-electron chi connectivity index (χ4n) is 1.29. The minimum Gasteiger partial charge on any atom is -0.491 e. The lowest BCUT2D eigenvalue weighted by molar-refractivity contribution is 0.270. The van der Waals surface area contributed by atoms with Crippen molar-refractivity contribution in [3.63, 3.8) is 0 Å². The van der Waals surface area contributed by atoms with E-state index in [0.29, 0.717) is 28.6 Å². The highest BCUT2D eigenvalue weighted by Gasteiger charge is 2.05. The lowest BCUT2D eigenvalue weighted by atomic mass is 10.1. The molecule has 0 amide bonds. The van der Waals surface area contributed by atoms with Gasteiger partial charge in [0.1, 0.15) is 0 Å². The maximum Gasteiger partial charge on any atom is 0.166 e. The predicted molar refractivity (Wildman–Crippen MR) is 68.7 cm³/mol. The molecule has 0 heterocycles. The third kappa shape index (κ3) is 4.71. The van der Waals surface area contributed by atoms with Crippen LogP contribution in [0.5, 0.6) is 5.75 Å². The van der Waals surface area contributed by atoms with Crippen LogP contribution in [0.2, 0.25) is 0 Å². The zero-order valence-electron chi connectivity index (χ0n) is 9.18. The molecule has 0 aliphatic carbocycles. The molecular weight excluding hydrogens is 294 g/mol. The Morgan fingerprint density at radius 3 is 2.81 bits per heavy atom. The van der Waals surface area contributed by atoms with Crippen LogP contribution in [0.4, 0.5) is 4.39 Å². The molecule has 1 nitrogen and oxygen atoms in total. The van der Waals surface area contributed by atoms with Gasteiger partial charge in [-0.3, -0.25) is 0 Å². The van der Waals surface area contributed by atoms with Crippen molar-refractivity contribution in [2.45, 2.75) is 19.8 Å². The molecule has 1 aromatic carbocycles. The van der Waals surface area contributed by atoms with Gasteiger partial charge in [-0.1, -0.05) is 22.9 Å². The van der Waals surface area contributed by atoms with E-state index in [1.54, 1.807) is 12.1 Å². The Kier molecular flexibility index (Phi) is 6.14. The molecule has 1 atom stereocenters. The van der Waals surface area contributed by atoms with Crippen molar-refractivity contribution >= 4 is 27.5 Å². The van der Waals surface area contributed by atoms with Gasteiger partial charge in [0, 0.05) is 10.4 Å². The standard InChI is InChI=1S/C12H15BrClFO/c1-9(4-6-14)5-7-16-12-3-2-10(13)8-11(12)15/h2-3,8-9H,4-7H2,1H3. The van der Waals surface area contributed by atoms with Gasteiger partial charge in [0.05, 0.1) is 6.61 Å². The van der Waals surface area contributed by atoms with Crippen molar-refractivity contribution in [3.8, 4) is 5.75 Å². The van der Waals surface area contributed by atoms with E-state index in [-0.39, 0.29) is 5.82 Å². The molecule has 0 aliphatic heterocycles. The first-order chi connectivity index (χ1) is 7.63. The van der Waals surface area contributed by atoms with E-state index in [2.05, 4.69) is 22.9 Å². The van der Waals surface area contributed by atoms with Crippen LogP contribution in [0.15, 0.2) is 22.7 Å². The molecule has 0 saturated heterocycles. The molecule has 0 aliphatic rings. The minimum absolute atomic E-state index is 0.307. The first-order valence-corrected chi connectivity index (χ1v) is 6.60. The summed E-state index contributed by atoms with van der Waals surface area (Å²) >= 11 is 8.83. The summed E-state index contributed by atoms with van der Waals surface area (Å²) in [6, 6.07) is 4.80. The summed E-state index contributed by atoms with van der Waals surface area (Å²) < 4.78 is 19.4. The molecule has 4 heteroatoms. The van der Waals surface area contributed by atoms with Crippen molar-refractivity contribution in [2.24, 2.45) is 5.92 Å². The molecule has 0 aromatic heterocycles.